The maximum atomic E-state index is 11.9. The van der Waals surface area contributed by atoms with Crippen molar-refractivity contribution in [2.45, 2.75) is 44.6 Å². The van der Waals surface area contributed by atoms with Crippen molar-refractivity contribution in [3.8, 4) is 0 Å². The first kappa shape index (κ1) is 14.5. The molecular weight excluding hydrogens is 256 g/mol. The fraction of sp³-hybridized carbons (Fsp3) is 0.533. The Kier molecular flexibility index (Phi) is 5.09. The van der Waals surface area contributed by atoms with Crippen molar-refractivity contribution in [2.75, 3.05) is 0 Å². The van der Waals surface area contributed by atoms with Crippen LogP contribution in [0.3, 0.4) is 0 Å². The number of nitrogens with one attached hydrogen (secondary N) is 1. The van der Waals surface area contributed by atoms with Gasteiger partial charge in [-0.25, -0.2) is 0 Å². The fourth-order valence-corrected chi connectivity index (χ4v) is 2.68. The topological polar surface area (TPSA) is 79.3 Å². The van der Waals surface area contributed by atoms with E-state index in [0.717, 1.165) is 24.8 Å². The summed E-state index contributed by atoms with van der Waals surface area (Å²) in [4.78, 5) is 27.1. The summed E-state index contributed by atoms with van der Waals surface area (Å²) < 4.78 is 0. The molecular formula is C15H20N2O3. The number of carboxylic acid groups (broad SMARTS) is 1. The van der Waals surface area contributed by atoms with Crippen molar-refractivity contribution in [2.24, 2.45) is 5.92 Å². The lowest BCUT2D eigenvalue weighted by atomic mass is 9.84. The molecule has 20 heavy (non-hydrogen) atoms. The Morgan fingerprint density at radius 1 is 1.35 bits per heavy atom. The monoisotopic (exact) mass is 276 g/mol. The lowest BCUT2D eigenvalue weighted by Crippen LogP contribution is -2.45. The summed E-state index contributed by atoms with van der Waals surface area (Å²) >= 11 is 0. The molecule has 1 aliphatic carbocycles. The number of pyridine rings is 1. The highest BCUT2D eigenvalue weighted by Crippen LogP contribution is 2.24. The van der Waals surface area contributed by atoms with Crippen molar-refractivity contribution in [1.29, 1.82) is 0 Å². The van der Waals surface area contributed by atoms with Crippen molar-refractivity contribution >= 4 is 11.9 Å². The molecule has 1 aliphatic rings. The summed E-state index contributed by atoms with van der Waals surface area (Å²) in [6.07, 6.45) is 7.77. The second-order valence-electron chi connectivity index (χ2n) is 5.26. The van der Waals surface area contributed by atoms with Gasteiger partial charge in [-0.3, -0.25) is 14.6 Å². The Labute approximate surface area is 118 Å². The van der Waals surface area contributed by atoms with Crippen LogP contribution >= 0.6 is 0 Å². The van der Waals surface area contributed by atoms with Crippen molar-refractivity contribution in [3.63, 3.8) is 0 Å². The molecule has 1 saturated carbocycles. The molecule has 5 nitrogen and oxygen atoms in total. The van der Waals surface area contributed by atoms with E-state index in [0.29, 0.717) is 19.3 Å². The number of aryl methyl sites for hydroxylation is 1. The van der Waals surface area contributed by atoms with Gasteiger partial charge >= 0.3 is 5.97 Å². The van der Waals surface area contributed by atoms with Crippen LogP contribution in [-0.4, -0.2) is 28.0 Å². The summed E-state index contributed by atoms with van der Waals surface area (Å²) in [5.41, 5.74) is 1.01. The summed E-state index contributed by atoms with van der Waals surface area (Å²) in [5.74, 6) is -1.32. The van der Waals surface area contributed by atoms with Gasteiger partial charge in [0, 0.05) is 24.9 Å². The average Bonchev–Trinajstić information content (AvgIpc) is 2.46. The van der Waals surface area contributed by atoms with Crippen LogP contribution in [0.15, 0.2) is 24.5 Å². The molecule has 0 radical (unpaired) electrons. The lowest BCUT2D eigenvalue weighted by Gasteiger charge is -2.29. The van der Waals surface area contributed by atoms with Gasteiger partial charge in [0.1, 0.15) is 0 Å². The van der Waals surface area contributed by atoms with E-state index in [2.05, 4.69) is 10.3 Å². The summed E-state index contributed by atoms with van der Waals surface area (Å²) in [6, 6.07) is 3.55. The third-order valence-corrected chi connectivity index (χ3v) is 3.79. The van der Waals surface area contributed by atoms with Gasteiger partial charge in [-0.15, -0.1) is 0 Å². The van der Waals surface area contributed by atoms with Crippen LogP contribution in [0.5, 0.6) is 0 Å². The van der Waals surface area contributed by atoms with E-state index in [4.69, 9.17) is 5.11 Å². The van der Waals surface area contributed by atoms with Crippen LogP contribution < -0.4 is 5.32 Å². The van der Waals surface area contributed by atoms with Gasteiger partial charge in [-0.05, 0) is 30.9 Å². The number of carboxylic acids is 1. The normalized spacial score (nSPS) is 22.2. The molecule has 1 heterocycles. The molecule has 2 rings (SSSR count). The largest absolute Gasteiger partial charge is 0.481 e. The van der Waals surface area contributed by atoms with Gasteiger partial charge in [0.25, 0.3) is 0 Å². The van der Waals surface area contributed by atoms with E-state index in [1.165, 1.54) is 0 Å². The van der Waals surface area contributed by atoms with Gasteiger partial charge in [0.05, 0.1) is 5.92 Å². The number of hydrogen-bond donors (Lipinski definition) is 2. The Balaban J connectivity index is 1.82. The number of hydrogen-bond acceptors (Lipinski definition) is 3. The molecule has 1 amide bonds. The van der Waals surface area contributed by atoms with Crippen LogP contribution in [0.1, 0.15) is 37.7 Å². The molecule has 2 atom stereocenters. The Hall–Kier alpha value is -1.91. The van der Waals surface area contributed by atoms with Crippen LogP contribution in [0.4, 0.5) is 0 Å². The summed E-state index contributed by atoms with van der Waals surface area (Å²) in [6.45, 7) is 0. The second kappa shape index (κ2) is 7.03. The van der Waals surface area contributed by atoms with Crippen LogP contribution in [-0.2, 0) is 16.0 Å². The predicted molar refractivity (Wildman–Crippen MR) is 74.1 cm³/mol. The molecule has 1 fully saturated rings. The summed E-state index contributed by atoms with van der Waals surface area (Å²) in [7, 11) is 0. The number of aliphatic carboxylic acids is 1. The number of rotatable bonds is 5. The van der Waals surface area contributed by atoms with Gasteiger partial charge < -0.3 is 10.4 Å². The highest BCUT2D eigenvalue weighted by Gasteiger charge is 2.31. The van der Waals surface area contributed by atoms with Gasteiger partial charge in [-0.1, -0.05) is 18.9 Å². The number of amides is 1. The Morgan fingerprint density at radius 2 is 2.15 bits per heavy atom. The molecule has 1 aromatic heterocycles. The molecule has 0 aromatic carbocycles. The number of aromatic nitrogens is 1. The molecule has 0 spiro atoms. The highest BCUT2D eigenvalue weighted by molar-refractivity contribution is 5.78. The third-order valence-electron chi connectivity index (χ3n) is 3.79. The maximum Gasteiger partial charge on any atom is 0.308 e. The predicted octanol–water partition coefficient (Wildman–Crippen LogP) is 1.77. The van der Waals surface area contributed by atoms with Gasteiger partial charge in [0.15, 0.2) is 0 Å². The Morgan fingerprint density at radius 3 is 2.85 bits per heavy atom. The van der Waals surface area contributed by atoms with E-state index in [9.17, 15) is 9.59 Å². The van der Waals surface area contributed by atoms with Gasteiger partial charge in [-0.2, -0.15) is 0 Å². The second-order valence-corrected chi connectivity index (χ2v) is 5.26. The van der Waals surface area contributed by atoms with Crippen LogP contribution in [0.25, 0.3) is 0 Å². The number of carbonyl (C=O) groups excluding carboxylic acids is 1. The van der Waals surface area contributed by atoms with Crippen molar-refractivity contribution in [3.05, 3.63) is 30.1 Å². The van der Waals surface area contributed by atoms with Crippen molar-refractivity contribution in [1.82, 2.24) is 10.3 Å². The number of nitrogens with zero attached hydrogens (tertiary/aromatic N) is 1. The first-order valence-electron chi connectivity index (χ1n) is 7.08. The molecule has 2 N–H and O–H groups in total. The number of carbonyl (C=O) groups is 2. The zero-order valence-electron chi connectivity index (χ0n) is 11.4. The molecule has 5 heteroatoms. The smallest absolute Gasteiger partial charge is 0.308 e. The first-order valence-corrected chi connectivity index (χ1v) is 7.08. The third kappa shape index (κ3) is 4.05. The molecule has 0 aliphatic heterocycles. The standard InChI is InChI=1S/C15H20N2O3/c18-14(8-7-11-4-3-9-16-10-11)17-13-6-2-1-5-12(13)15(19)20/h3-4,9-10,12-13H,1-2,5-8H2,(H,17,18)(H,19,20). The SMILES string of the molecule is O=C(CCc1cccnc1)NC1CCCCC1C(=O)O. The zero-order chi connectivity index (χ0) is 14.4. The molecule has 108 valence electrons. The van der Waals surface area contributed by atoms with Crippen molar-refractivity contribution < 1.29 is 14.7 Å². The fourth-order valence-electron chi connectivity index (χ4n) is 2.68. The highest BCUT2D eigenvalue weighted by atomic mass is 16.4. The van der Waals surface area contributed by atoms with E-state index >= 15 is 0 Å². The van der Waals surface area contributed by atoms with Crippen LogP contribution in [0.2, 0.25) is 0 Å². The molecule has 0 saturated heterocycles. The minimum absolute atomic E-state index is 0.0768. The maximum absolute atomic E-state index is 11.9. The minimum Gasteiger partial charge on any atom is -0.481 e. The lowest BCUT2D eigenvalue weighted by molar-refractivity contribution is -0.144. The minimum atomic E-state index is -0.803. The quantitative estimate of drug-likeness (QED) is 0.859. The zero-order valence-corrected chi connectivity index (χ0v) is 11.4. The summed E-state index contributed by atoms with van der Waals surface area (Å²) in [5, 5.41) is 12.1. The molecule has 2 unspecified atom stereocenters. The molecule has 1 aromatic rings. The van der Waals surface area contributed by atoms with Gasteiger partial charge in [0.2, 0.25) is 5.91 Å². The Bertz CT molecular complexity index is 461. The first-order chi connectivity index (χ1) is 9.66. The van der Waals surface area contributed by atoms with Crippen LogP contribution in [0, 0.1) is 5.92 Å². The van der Waals surface area contributed by atoms with E-state index in [1.54, 1.807) is 12.4 Å². The molecule has 0 bridgehead atoms. The van der Waals surface area contributed by atoms with E-state index < -0.39 is 11.9 Å². The average molecular weight is 276 g/mol. The van der Waals surface area contributed by atoms with E-state index in [1.807, 2.05) is 12.1 Å². The van der Waals surface area contributed by atoms with E-state index in [-0.39, 0.29) is 11.9 Å².